The molecule has 11 heteroatoms. The number of carbonyl (C=O) groups excluding carboxylic acids is 2. The van der Waals surface area contributed by atoms with Gasteiger partial charge in [0.05, 0.1) is 24.5 Å². The molecule has 1 aromatic carbocycles. The topological polar surface area (TPSA) is 109 Å². The van der Waals surface area contributed by atoms with Crippen LogP contribution in [-0.2, 0) is 28.2 Å². The van der Waals surface area contributed by atoms with Crippen LogP contribution in [0.5, 0.6) is 5.75 Å². The van der Waals surface area contributed by atoms with Crippen LogP contribution >= 0.6 is 11.6 Å². The Balaban J connectivity index is 1.76. The molecule has 1 fully saturated rings. The number of amides is 2. The van der Waals surface area contributed by atoms with Gasteiger partial charge in [0.15, 0.2) is 0 Å². The maximum absolute atomic E-state index is 13.1. The Labute approximate surface area is 231 Å². The molecule has 9 nitrogen and oxygen atoms in total. The van der Waals surface area contributed by atoms with Crippen molar-refractivity contribution in [2.24, 2.45) is 0 Å². The summed E-state index contributed by atoms with van der Waals surface area (Å²) in [7, 11) is -1.28. The molecule has 3 rings (SSSR count). The van der Waals surface area contributed by atoms with Gasteiger partial charge in [0.25, 0.3) is 5.91 Å². The molecule has 0 saturated carbocycles. The lowest BCUT2D eigenvalue weighted by molar-refractivity contribution is -0.130. The number of likely N-dealkylation sites (tertiary alicyclic amines) is 1. The molecule has 208 valence electrons. The Morgan fingerprint density at radius 1 is 1.29 bits per heavy atom. The van der Waals surface area contributed by atoms with Gasteiger partial charge in [-0.2, -0.15) is 0 Å². The minimum Gasteiger partial charge on any atom is -0.506 e. The van der Waals surface area contributed by atoms with Crippen LogP contribution in [0.1, 0.15) is 42.6 Å². The number of carbonyl (C=O) groups is 2. The minimum absolute atomic E-state index is 0.0362. The molecular weight excluding hydrogens is 522 g/mol. The van der Waals surface area contributed by atoms with E-state index >= 15 is 0 Å². The summed E-state index contributed by atoms with van der Waals surface area (Å²) in [6.07, 6.45) is 2.80. The van der Waals surface area contributed by atoms with E-state index < -0.39 is 8.07 Å². The Hall–Kier alpha value is -2.82. The van der Waals surface area contributed by atoms with Crippen molar-refractivity contribution < 1.29 is 19.4 Å². The predicted molar refractivity (Wildman–Crippen MR) is 154 cm³/mol. The molecule has 1 aliphatic heterocycles. The van der Waals surface area contributed by atoms with Gasteiger partial charge in [-0.25, -0.2) is 4.98 Å². The third-order valence-electron chi connectivity index (χ3n) is 6.42. The van der Waals surface area contributed by atoms with Gasteiger partial charge >= 0.3 is 0 Å². The SMILES string of the molecule is C=CC(=O)N1CC(NC(=O)c2cnc(CNc3cc(C(C)(C)C)c(Cl)cc3O)n2COCC[Si](C)(C)C)C1. The molecule has 1 saturated heterocycles. The van der Waals surface area contributed by atoms with E-state index in [0.29, 0.717) is 41.9 Å². The molecule has 0 unspecified atom stereocenters. The molecule has 0 atom stereocenters. The van der Waals surface area contributed by atoms with Crippen molar-refractivity contribution in [2.45, 2.75) is 71.2 Å². The number of phenolic OH excluding ortho intramolecular Hbond substituents is 1. The summed E-state index contributed by atoms with van der Waals surface area (Å²) in [5.74, 6) is 0.198. The molecule has 3 N–H and O–H groups in total. The van der Waals surface area contributed by atoms with Crippen LogP contribution in [0.4, 0.5) is 5.69 Å². The molecular formula is C27H40ClN5O4Si. The number of aromatic hydroxyl groups is 1. The fourth-order valence-electron chi connectivity index (χ4n) is 4.01. The number of rotatable bonds is 11. The fourth-order valence-corrected chi connectivity index (χ4v) is 5.20. The standard InChI is InChI=1S/C27H40ClN5O4Si/c1-8-25(35)32-15-18(16-32)31-26(36)22-13-30-24(33(22)17-37-9-10-38(5,6)7)14-29-21-11-19(27(2,3)4)20(28)12-23(21)34/h8,11-13,18,29,34H,1,9-10,14-17H2,2-7H3,(H,31,36). The molecule has 0 spiro atoms. The third-order valence-corrected chi connectivity index (χ3v) is 8.44. The van der Waals surface area contributed by atoms with E-state index in [1.807, 2.05) is 6.07 Å². The average Bonchev–Trinajstić information content (AvgIpc) is 3.19. The van der Waals surface area contributed by atoms with E-state index in [4.69, 9.17) is 16.3 Å². The van der Waals surface area contributed by atoms with Gasteiger partial charge < -0.3 is 25.4 Å². The molecule has 2 amide bonds. The number of aromatic nitrogens is 2. The summed E-state index contributed by atoms with van der Waals surface area (Å²) >= 11 is 6.37. The highest BCUT2D eigenvalue weighted by Crippen LogP contribution is 2.37. The van der Waals surface area contributed by atoms with Crippen molar-refractivity contribution in [1.29, 1.82) is 0 Å². The lowest BCUT2D eigenvalue weighted by Gasteiger charge is -2.38. The highest BCUT2D eigenvalue weighted by atomic mass is 35.5. The second-order valence-corrected chi connectivity index (χ2v) is 17.9. The highest BCUT2D eigenvalue weighted by Gasteiger charge is 2.31. The smallest absolute Gasteiger partial charge is 0.269 e. The van der Waals surface area contributed by atoms with E-state index in [1.165, 1.54) is 18.3 Å². The summed E-state index contributed by atoms with van der Waals surface area (Å²) in [5.41, 5.74) is 1.60. The first kappa shape index (κ1) is 29.7. The van der Waals surface area contributed by atoms with Gasteiger partial charge in [0.1, 0.15) is 24.0 Å². The molecule has 0 radical (unpaired) electrons. The van der Waals surface area contributed by atoms with Crippen LogP contribution < -0.4 is 10.6 Å². The number of hydrogen-bond donors (Lipinski definition) is 3. The first-order valence-electron chi connectivity index (χ1n) is 12.8. The molecule has 1 aliphatic rings. The Bertz CT molecular complexity index is 1180. The third kappa shape index (κ3) is 7.61. The highest BCUT2D eigenvalue weighted by molar-refractivity contribution is 6.76. The van der Waals surface area contributed by atoms with Crippen LogP contribution in [0.25, 0.3) is 0 Å². The molecule has 1 aromatic heterocycles. The van der Waals surface area contributed by atoms with Crippen molar-refractivity contribution in [1.82, 2.24) is 19.8 Å². The van der Waals surface area contributed by atoms with Crippen LogP contribution in [0.15, 0.2) is 31.0 Å². The molecule has 0 aliphatic carbocycles. The van der Waals surface area contributed by atoms with Crippen LogP contribution in [0, 0.1) is 0 Å². The monoisotopic (exact) mass is 561 g/mol. The Morgan fingerprint density at radius 3 is 2.58 bits per heavy atom. The van der Waals surface area contributed by atoms with Crippen LogP contribution in [0.2, 0.25) is 30.7 Å². The number of imidazole rings is 1. The summed E-state index contributed by atoms with van der Waals surface area (Å²) in [6.45, 7) is 18.4. The predicted octanol–water partition coefficient (Wildman–Crippen LogP) is 4.59. The largest absolute Gasteiger partial charge is 0.506 e. The quantitative estimate of drug-likeness (QED) is 0.160. The number of anilines is 1. The van der Waals surface area contributed by atoms with Gasteiger partial charge in [-0.05, 0) is 29.2 Å². The van der Waals surface area contributed by atoms with Crippen molar-refractivity contribution >= 4 is 37.2 Å². The first-order valence-corrected chi connectivity index (χ1v) is 16.9. The number of nitrogens with one attached hydrogen (secondary N) is 2. The Kier molecular flexibility index (Phi) is 9.33. The van der Waals surface area contributed by atoms with Crippen LogP contribution in [0.3, 0.4) is 0 Å². The number of benzene rings is 1. The normalized spacial score (nSPS) is 14.2. The van der Waals surface area contributed by atoms with E-state index in [9.17, 15) is 14.7 Å². The summed E-state index contributed by atoms with van der Waals surface area (Å²) in [5, 5.41) is 17.2. The van der Waals surface area contributed by atoms with Crippen molar-refractivity contribution in [3.05, 3.63) is 53.1 Å². The van der Waals surface area contributed by atoms with E-state index in [2.05, 4.69) is 62.6 Å². The van der Waals surface area contributed by atoms with Gasteiger partial charge in [-0.15, -0.1) is 0 Å². The molecule has 2 heterocycles. The van der Waals surface area contributed by atoms with Crippen LogP contribution in [-0.4, -0.2) is 65.2 Å². The second kappa shape index (κ2) is 11.9. The van der Waals surface area contributed by atoms with E-state index in [-0.39, 0.29) is 42.3 Å². The molecule has 38 heavy (non-hydrogen) atoms. The van der Waals surface area contributed by atoms with Crippen molar-refractivity contribution in [2.75, 3.05) is 25.0 Å². The van der Waals surface area contributed by atoms with Crippen molar-refractivity contribution in [3.8, 4) is 5.75 Å². The number of hydrogen-bond acceptors (Lipinski definition) is 6. The minimum atomic E-state index is -1.28. The lowest BCUT2D eigenvalue weighted by atomic mass is 9.86. The zero-order valence-corrected chi connectivity index (χ0v) is 25.0. The number of nitrogens with zero attached hydrogens (tertiary/aromatic N) is 3. The summed E-state index contributed by atoms with van der Waals surface area (Å²) in [4.78, 5) is 30.9. The zero-order valence-electron chi connectivity index (χ0n) is 23.2. The second-order valence-electron chi connectivity index (χ2n) is 11.9. The van der Waals surface area contributed by atoms with Crippen molar-refractivity contribution in [3.63, 3.8) is 0 Å². The van der Waals surface area contributed by atoms with E-state index in [1.54, 1.807) is 9.47 Å². The average molecular weight is 562 g/mol. The lowest BCUT2D eigenvalue weighted by Crippen LogP contribution is -2.60. The van der Waals surface area contributed by atoms with E-state index in [0.717, 1.165) is 11.6 Å². The zero-order chi connectivity index (χ0) is 28.3. The van der Waals surface area contributed by atoms with Gasteiger partial charge in [-0.3, -0.25) is 14.2 Å². The maximum atomic E-state index is 13.1. The Morgan fingerprint density at radius 2 is 1.97 bits per heavy atom. The summed E-state index contributed by atoms with van der Waals surface area (Å²) in [6, 6.07) is 4.25. The van der Waals surface area contributed by atoms with Gasteiger partial charge in [0.2, 0.25) is 5.91 Å². The number of ether oxygens (including phenoxy) is 1. The molecule has 0 bridgehead atoms. The maximum Gasteiger partial charge on any atom is 0.269 e. The fraction of sp³-hybridized carbons (Fsp3) is 0.519. The number of halogens is 1. The summed E-state index contributed by atoms with van der Waals surface area (Å²) < 4.78 is 7.71. The first-order chi connectivity index (χ1) is 17.7. The van der Waals surface area contributed by atoms with Gasteiger partial charge in [0, 0.05) is 38.9 Å². The molecule has 2 aromatic rings. The van der Waals surface area contributed by atoms with Gasteiger partial charge in [-0.1, -0.05) is 58.6 Å². The number of phenols is 1.